The van der Waals surface area contributed by atoms with Crippen molar-refractivity contribution in [1.29, 1.82) is 0 Å². The third-order valence-corrected chi connectivity index (χ3v) is 4.53. The van der Waals surface area contributed by atoms with E-state index in [1.165, 1.54) is 57.1 Å². The zero-order valence-electron chi connectivity index (χ0n) is 12.4. The van der Waals surface area contributed by atoms with E-state index in [1.54, 1.807) is 0 Å². The van der Waals surface area contributed by atoms with E-state index in [9.17, 15) is 0 Å². The van der Waals surface area contributed by atoms with Crippen LogP contribution in [-0.2, 0) is 0 Å². The molecule has 1 N–H and O–H groups in total. The van der Waals surface area contributed by atoms with Crippen molar-refractivity contribution in [2.24, 2.45) is 5.92 Å². The van der Waals surface area contributed by atoms with Crippen LogP contribution in [0, 0.1) is 5.92 Å². The molecule has 1 saturated carbocycles. The average Bonchev–Trinajstić information content (AvgIpc) is 2.73. The minimum atomic E-state index is 0.669. The van der Waals surface area contributed by atoms with Gasteiger partial charge in [-0.05, 0) is 49.8 Å². The number of nitrogens with one attached hydrogen (secondary N) is 1. The zero-order valence-corrected chi connectivity index (χ0v) is 12.4. The Hall–Kier alpha value is -0.820. The van der Waals surface area contributed by atoms with E-state index in [2.05, 4.69) is 42.6 Å². The Bertz CT molecular complexity index is 325. The predicted molar refractivity (Wildman–Crippen MR) is 83.5 cm³/mol. The molecule has 1 nitrogen and oxygen atoms in total. The highest BCUT2D eigenvalue weighted by Gasteiger charge is 2.11. The molecule has 1 aromatic carbocycles. The van der Waals surface area contributed by atoms with Crippen LogP contribution in [-0.4, -0.2) is 13.1 Å². The van der Waals surface area contributed by atoms with E-state index in [1.807, 2.05) is 0 Å². The molecule has 1 unspecified atom stereocenters. The van der Waals surface area contributed by atoms with Crippen LogP contribution in [0.1, 0.15) is 63.4 Å². The maximum atomic E-state index is 3.68. The summed E-state index contributed by atoms with van der Waals surface area (Å²) in [5.74, 6) is 1.61. The van der Waals surface area contributed by atoms with Gasteiger partial charge in [0, 0.05) is 0 Å². The van der Waals surface area contributed by atoms with Crippen molar-refractivity contribution < 1.29 is 0 Å². The number of rotatable bonds is 6. The van der Waals surface area contributed by atoms with Crippen LogP contribution in [0.2, 0.25) is 0 Å². The first-order valence-corrected chi connectivity index (χ1v) is 8.12. The van der Waals surface area contributed by atoms with Crippen LogP contribution in [0.25, 0.3) is 0 Å². The van der Waals surface area contributed by atoms with Crippen molar-refractivity contribution >= 4 is 0 Å². The molecule has 1 aliphatic carbocycles. The van der Waals surface area contributed by atoms with E-state index in [0.29, 0.717) is 5.92 Å². The first-order chi connectivity index (χ1) is 9.36. The fourth-order valence-electron chi connectivity index (χ4n) is 3.14. The second kappa shape index (κ2) is 8.37. The Labute approximate surface area is 118 Å². The summed E-state index contributed by atoms with van der Waals surface area (Å²) in [6.45, 7) is 4.73. The molecular formula is C18H29N. The molecule has 19 heavy (non-hydrogen) atoms. The highest BCUT2D eigenvalue weighted by molar-refractivity contribution is 5.18. The number of hydrogen-bond acceptors (Lipinski definition) is 1. The summed E-state index contributed by atoms with van der Waals surface area (Å²) in [6, 6.07) is 10.9. The van der Waals surface area contributed by atoms with Gasteiger partial charge in [-0.15, -0.1) is 0 Å². The summed E-state index contributed by atoms with van der Waals surface area (Å²) in [5.41, 5.74) is 1.47. The van der Waals surface area contributed by atoms with Crippen LogP contribution < -0.4 is 5.32 Å². The van der Waals surface area contributed by atoms with Crippen LogP contribution in [0.5, 0.6) is 0 Å². The molecule has 106 valence electrons. The normalized spacial score (nSPS) is 19.0. The van der Waals surface area contributed by atoms with Gasteiger partial charge < -0.3 is 5.32 Å². The predicted octanol–water partition coefficient (Wildman–Crippen LogP) is 4.74. The first kappa shape index (κ1) is 14.6. The van der Waals surface area contributed by atoms with Crippen molar-refractivity contribution in [3.8, 4) is 0 Å². The molecule has 0 amide bonds. The van der Waals surface area contributed by atoms with Crippen molar-refractivity contribution in [2.75, 3.05) is 13.1 Å². The summed E-state index contributed by atoms with van der Waals surface area (Å²) in [6.07, 6.45) is 9.96. The number of benzene rings is 1. The Morgan fingerprint density at radius 2 is 1.74 bits per heavy atom. The maximum absolute atomic E-state index is 3.68. The maximum Gasteiger partial charge on any atom is -0.00205 e. The molecule has 0 spiro atoms. The molecule has 0 heterocycles. The summed E-state index contributed by atoms with van der Waals surface area (Å²) < 4.78 is 0. The van der Waals surface area contributed by atoms with Crippen molar-refractivity contribution in [3.63, 3.8) is 0 Å². The second-order valence-electron chi connectivity index (χ2n) is 6.16. The molecule has 1 fully saturated rings. The molecule has 2 rings (SSSR count). The Kier molecular flexibility index (Phi) is 6.43. The smallest absolute Gasteiger partial charge is 0.00205 e. The van der Waals surface area contributed by atoms with Gasteiger partial charge in [-0.2, -0.15) is 0 Å². The number of hydrogen-bond donors (Lipinski definition) is 1. The monoisotopic (exact) mass is 259 g/mol. The lowest BCUT2D eigenvalue weighted by atomic mass is 9.97. The van der Waals surface area contributed by atoms with Gasteiger partial charge >= 0.3 is 0 Å². The van der Waals surface area contributed by atoms with E-state index < -0.39 is 0 Å². The third-order valence-electron chi connectivity index (χ3n) is 4.53. The highest BCUT2D eigenvalue weighted by Crippen LogP contribution is 2.22. The first-order valence-electron chi connectivity index (χ1n) is 8.12. The lowest BCUT2D eigenvalue weighted by Gasteiger charge is -2.16. The van der Waals surface area contributed by atoms with E-state index >= 15 is 0 Å². The lowest BCUT2D eigenvalue weighted by molar-refractivity contribution is 0.420. The van der Waals surface area contributed by atoms with Gasteiger partial charge in [0.25, 0.3) is 0 Å². The van der Waals surface area contributed by atoms with Crippen molar-refractivity contribution in [3.05, 3.63) is 35.9 Å². The van der Waals surface area contributed by atoms with Crippen LogP contribution in [0.15, 0.2) is 30.3 Å². The van der Waals surface area contributed by atoms with E-state index in [0.717, 1.165) is 12.5 Å². The van der Waals surface area contributed by atoms with E-state index in [4.69, 9.17) is 0 Å². The second-order valence-corrected chi connectivity index (χ2v) is 6.16. The summed E-state index contributed by atoms with van der Waals surface area (Å²) >= 11 is 0. The van der Waals surface area contributed by atoms with Crippen molar-refractivity contribution in [1.82, 2.24) is 5.32 Å². The molecule has 1 aromatic rings. The quantitative estimate of drug-likeness (QED) is 0.575. The molecule has 1 atom stereocenters. The standard InChI is InChI=1S/C18H29N/c1-16(18-11-7-4-8-12-18)13-14-19-15-17-9-5-2-3-6-10-17/h4,7-8,11-12,16-17,19H,2-3,5-6,9-10,13-15H2,1H3. The minimum absolute atomic E-state index is 0.669. The van der Waals surface area contributed by atoms with Crippen LogP contribution >= 0.6 is 0 Å². The van der Waals surface area contributed by atoms with Crippen molar-refractivity contribution in [2.45, 2.75) is 57.8 Å². The molecular weight excluding hydrogens is 230 g/mol. The highest BCUT2D eigenvalue weighted by atomic mass is 14.9. The molecule has 0 saturated heterocycles. The van der Waals surface area contributed by atoms with E-state index in [-0.39, 0.29) is 0 Å². The summed E-state index contributed by atoms with van der Waals surface area (Å²) in [7, 11) is 0. The zero-order chi connectivity index (χ0) is 13.3. The van der Waals surface area contributed by atoms with Gasteiger partial charge in [0.05, 0.1) is 0 Å². The fraction of sp³-hybridized carbons (Fsp3) is 0.667. The van der Waals surface area contributed by atoms with Gasteiger partial charge in [-0.25, -0.2) is 0 Å². The Balaban J connectivity index is 1.61. The van der Waals surface area contributed by atoms with Gasteiger partial charge in [0.15, 0.2) is 0 Å². The summed E-state index contributed by atoms with van der Waals surface area (Å²) in [4.78, 5) is 0. The molecule has 1 heteroatoms. The van der Waals surface area contributed by atoms with Gasteiger partial charge in [-0.3, -0.25) is 0 Å². The third kappa shape index (κ3) is 5.36. The fourth-order valence-corrected chi connectivity index (χ4v) is 3.14. The molecule has 0 aromatic heterocycles. The molecule has 0 bridgehead atoms. The SMILES string of the molecule is CC(CCNCC1CCCCCC1)c1ccccc1. The molecule has 0 aliphatic heterocycles. The summed E-state index contributed by atoms with van der Waals surface area (Å²) in [5, 5.41) is 3.68. The largest absolute Gasteiger partial charge is 0.316 e. The van der Waals surface area contributed by atoms with Crippen LogP contribution in [0.4, 0.5) is 0 Å². The average molecular weight is 259 g/mol. The van der Waals surface area contributed by atoms with Crippen LogP contribution in [0.3, 0.4) is 0 Å². The Morgan fingerprint density at radius 3 is 2.42 bits per heavy atom. The lowest BCUT2D eigenvalue weighted by Crippen LogP contribution is -2.24. The van der Waals surface area contributed by atoms with Gasteiger partial charge in [0.2, 0.25) is 0 Å². The topological polar surface area (TPSA) is 12.0 Å². The molecule has 0 radical (unpaired) electrons. The minimum Gasteiger partial charge on any atom is -0.316 e. The molecule has 1 aliphatic rings. The Morgan fingerprint density at radius 1 is 1.05 bits per heavy atom. The van der Waals surface area contributed by atoms with Gasteiger partial charge in [0.1, 0.15) is 0 Å². The van der Waals surface area contributed by atoms with Gasteiger partial charge in [-0.1, -0.05) is 62.9 Å².